The summed E-state index contributed by atoms with van der Waals surface area (Å²) in [7, 11) is 0. The lowest BCUT2D eigenvalue weighted by Crippen LogP contribution is -2.47. The van der Waals surface area contributed by atoms with E-state index >= 15 is 0 Å². The molecule has 2 aliphatic heterocycles. The fourth-order valence-electron chi connectivity index (χ4n) is 4.70. The van der Waals surface area contributed by atoms with E-state index in [0.717, 1.165) is 55.7 Å². The molecule has 1 aromatic heterocycles. The SMILES string of the molecule is CC(c1ccc2c(c1)OCO2)N1CCN(c2nc(C(=O)NC3CCCCC3)cs2)CC1. The second kappa shape index (κ2) is 9.04. The Balaban J connectivity index is 1.16. The first-order valence-corrected chi connectivity index (χ1v) is 12.2. The average molecular weight is 443 g/mol. The number of fused-ring (bicyclic) bond motifs is 1. The van der Waals surface area contributed by atoms with Crippen LogP contribution in [0, 0.1) is 0 Å². The van der Waals surface area contributed by atoms with E-state index in [-0.39, 0.29) is 5.91 Å². The minimum Gasteiger partial charge on any atom is -0.454 e. The highest BCUT2D eigenvalue weighted by Gasteiger charge is 2.26. The number of rotatable bonds is 5. The molecule has 2 fully saturated rings. The molecule has 1 N–H and O–H groups in total. The highest BCUT2D eigenvalue weighted by molar-refractivity contribution is 7.13. The summed E-state index contributed by atoms with van der Waals surface area (Å²) in [6.07, 6.45) is 5.88. The zero-order valence-corrected chi connectivity index (χ0v) is 18.8. The van der Waals surface area contributed by atoms with E-state index in [4.69, 9.17) is 9.47 Å². The lowest BCUT2D eigenvalue weighted by atomic mass is 9.95. The van der Waals surface area contributed by atoms with Gasteiger partial charge in [0.15, 0.2) is 16.6 Å². The Morgan fingerprint density at radius 2 is 1.90 bits per heavy atom. The van der Waals surface area contributed by atoms with Crippen LogP contribution in [0.3, 0.4) is 0 Å². The Morgan fingerprint density at radius 1 is 1.13 bits per heavy atom. The highest BCUT2D eigenvalue weighted by Crippen LogP contribution is 2.35. The molecular formula is C23H30N4O3S. The number of ether oxygens (including phenoxy) is 2. The lowest BCUT2D eigenvalue weighted by molar-refractivity contribution is 0.0923. The van der Waals surface area contributed by atoms with E-state index in [2.05, 4.69) is 39.2 Å². The normalized spacial score (nSPS) is 20.6. The van der Waals surface area contributed by atoms with Crippen molar-refractivity contribution in [2.24, 2.45) is 0 Å². The smallest absolute Gasteiger partial charge is 0.271 e. The van der Waals surface area contributed by atoms with E-state index in [1.165, 1.54) is 24.8 Å². The summed E-state index contributed by atoms with van der Waals surface area (Å²) >= 11 is 1.57. The molecule has 31 heavy (non-hydrogen) atoms. The topological polar surface area (TPSA) is 66.9 Å². The van der Waals surface area contributed by atoms with Crippen molar-refractivity contribution >= 4 is 22.4 Å². The zero-order valence-electron chi connectivity index (χ0n) is 18.0. The molecule has 1 unspecified atom stereocenters. The predicted molar refractivity (Wildman–Crippen MR) is 121 cm³/mol. The Labute approximate surface area is 187 Å². The van der Waals surface area contributed by atoms with Gasteiger partial charge in [0.1, 0.15) is 5.69 Å². The molecule has 1 saturated carbocycles. The Morgan fingerprint density at radius 3 is 2.71 bits per heavy atom. The zero-order chi connectivity index (χ0) is 21.2. The summed E-state index contributed by atoms with van der Waals surface area (Å²) in [5.74, 6) is 1.64. The van der Waals surface area contributed by atoms with Crippen LogP contribution in [-0.2, 0) is 0 Å². The number of nitrogens with zero attached hydrogens (tertiary/aromatic N) is 3. The van der Waals surface area contributed by atoms with Crippen LogP contribution in [0.15, 0.2) is 23.6 Å². The van der Waals surface area contributed by atoms with Crippen molar-refractivity contribution in [3.05, 3.63) is 34.8 Å². The molecule has 166 valence electrons. The maximum Gasteiger partial charge on any atom is 0.271 e. The van der Waals surface area contributed by atoms with Crippen molar-refractivity contribution in [2.75, 3.05) is 37.9 Å². The van der Waals surface area contributed by atoms with Gasteiger partial charge < -0.3 is 19.7 Å². The molecule has 1 saturated heterocycles. The monoisotopic (exact) mass is 442 g/mol. The summed E-state index contributed by atoms with van der Waals surface area (Å²) in [6.45, 7) is 6.28. The number of piperazine rings is 1. The van der Waals surface area contributed by atoms with Gasteiger partial charge in [0.2, 0.25) is 6.79 Å². The molecule has 5 rings (SSSR count). The van der Waals surface area contributed by atoms with Crippen LogP contribution >= 0.6 is 11.3 Å². The fourth-order valence-corrected chi connectivity index (χ4v) is 5.56. The summed E-state index contributed by atoms with van der Waals surface area (Å²) in [5.41, 5.74) is 1.80. The van der Waals surface area contributed by atoms with Gasteiger partial charge in [0.05, 0.1) is 0 Å². The molecular weight excluding hydrogens is 412 g/mol. The molecule has 0 spiro atoms. The van der Waals surface area contributed by atoms with Crippen LogP contribution in [-0.4, -0.2) is 54.8 Å². The van der Waals surface area contributed by atoms with Crippen LogP contribution < -0.4 is 19.7 Å². The molecule has 1 aliphatic carbocycles. The molecule has 7 nitrogen and oxygen atoms in total. The molecule has 2 aromatic rings. The van der Waals surface area contributed by atoms with Crippen LogP contribution in [0.1, 0.15) is 61.1 Å². The number of aromatic nitrogens is 1. The minimum absolute atomic E-state index is 0.0236. The maximum atomic E-state index is 12.6. The first-order chi connectivity index (χ1) is 15.2. The van der Waals surface area contributed by atoms with E-state index in [1.54, 1.807) is 11.3 Å². The van der Waals surface area contributed by atoms with E-state index in [9.17, 15) is 4.79 Å². The quantitative estimate of drug-likeness (QED) is 0.759. The fraction of sp³-hybridized carbons (Fsp3) is 0.565. The van der Waals surface area contributed by atoms with Crippen LogP contribution in [0.5, 0.6) is 11.5 Å². The minimum atomic E-state index is -0.0236. The highest BCUT2D eigenvalue weighted by atomic mass is 32.1. The van der Waals surface area contributed by atoms with Crippen molar-refractivity contribution in [1.29, 1.82) is 0 Å². The number of benzene rings is 1. The van der Waals surface area contributed by atoms with Gasteiger partial charge in [-0.15, -0.1) is 11.3 Å². The third-order valence-corrected chi connectivity index (χ3v) is 7.58. The number of nitrogens with one attached hydrogen (secondary N) is 1. The van der Waals surface area contributed by atoms with Gasteiger partial charge in [-0.1, -0.05) is 25.3 Å². The van der Waals surface area contributed by atoms with Gasteiger partial charge in [-0.25, -0.2) is 4.98 Å². The number of carbonyl (C=O) groups excluding carboxylic acids is 1. The summed E-state index contributed by atoms with van der Waals surface area (Å²) in [6, 6.07) is 6.84. The molecule has 0 bridgehead atoms. The van der Waals surface area contributed by atoms with Gasteiger partial charge >= 0.3 is 0 Å². The van der Waals surface area contributed by atoms with Crippen molar-refractivity contribution in [3.63, 3.8) is 0 Å². The maximum absolute atomic E-state index is 12.6. The molecule has 1 atom stereocenters. The third kappa shape index (κ3) is 4.50. The van der Waals surface area contributed by atoms with Crippen LogP contribution in [0.25, 0.3) is 0 Å². The first-order valence-electron chi connectivity index (χ1n) is 11.3. The van der Waals surface area contributed by atoms with Crippen molar-refractivity contribution < 1.29 is 14.3 Å². The van der Waals surface area contributed by atoms with Gasteiger partial charge in [0, 0.05) is 43.6 Å². The number of hydrogen-bond acceptors (Lipinski definition) is 7. The number of amides is 1. The van der Waals surface area contributed by atoms with Crippen molar-refractivity contribution in [2.45, 2.75) is 51.1 Å². The number of anilines is 1. The second-order valence-corrected chi connectivity index (χ2v) is 9.47. The van der Waals surface area contributed by atoms with Gasteiger partial charge in [-0.05, 0) is 37.5 Å². The van der Waals surface area contributed by atoms with E-state index in [1.807, 2.05) is 11.4 Å². The number of thiazole rings is 1. The Kier molecular flexibility index (Phi) is 6.00. The summed E-state index contributed by atoms with van der Waals surface area (Å²) < 4.78 is 11.0. The standard InChI is InChI=1S/C23H30N4O3S/c1-16(17-7-8-20-21(13-17)30-15-29-20)26-9-11-27(12-10-26)23-25-19(14-31-23)22(28)24-18-5-3-2-4-6-18/h7-8,13-14,16,18H,2-6,9-12,15H2,1H3,(H,24,28). The first kappa shape index (κ1) is 20.6. The molecule has 0 radical (unpaired) electrons. The molecule has 3 heterocycles. The molecule has 1 aromatic carbocycles. The van der Waals surface area contributed by atoms with Gasteiger partial charge in [-0.2, -0.15) is 0 Å². The summed E-state index contributed by atoms with van der Waals surface area (Å²) in [5, 5.41) is 6.01. The van der Waals surface area contributed by atoms with Crippen molar-refractivity contribution in [1.82, 2.24) is 15.2 Å². The largest absolute Gasteiger partial charge is 0.454 e. The Hall–Kier alpha value is -2.32. The second-order valence-electron chi connectivity index (χ2n) is 8.64. The average Bonchev–Trinajstić information content (AvgIpc) is 3.49. The van der Waals surface area contributed by atoms with Crippen LogP contribution in [0.4, 0.5) is 5.13 Å². The predicted octanol–water partition coefficient (Wildman–Crippen LogP) is 3.82. The molecule has 1 amide bonds. The number of hydrogen-bond donors (Lipinski definition) is 1. The Bertz CT molecular complexity index is 919. The molecule has 3 aliphatic rings. The van der Waals surface area contributed by atoms with Gasteiger partial charge in [-0.3, -0.25) is 9.69 Å². The van der Waals surface area contributed by atoms with E-state index < -0.39 is 0 Å². The lowest BCUT2D eigenvalue weighted by Gasteiger charge is -2.38. The van der Waals surface area contributed by atoms with Crippen LogP contribution in [0.2, 0.25) is 0 Å². The van der Waals surface area contributed by atoms with Gasteiger partial charge in [0.25, 0.3) is 5.91 Å². The van der Waals surface area contributed by atoms with E-state index in [0.29, 0.717) is 24.6 Å². The number of carbonyl (C=O) groups is 1. The van der Waals surface area contributed by atoms with Crippen molar-refractivity contribution in [3.8, 4) is 11.5 Å². The molecule has 8 heteroatoms. The summed E-state index contributed by atoms with van der Waals surface area (Å²) in [4.78, 5) is 22.0. The third-order valence-electron chi connectivity index (χ3n) is 6.68.